The molecular weight excluding hydrogens is 270 g/mol. The first-order valence-corrected chi connectivity index (χ1v) is 7.36. The highest BCUT2D eigenvalue weighted by Crippen LogP contribution is 2.39. The second-order valence-electron chi connectivity index (χ2n) is 5.87. The van der Waals surface area contributed by atoms with Crippen molar-refractivity contribution in [1.82, 2.24) is 4.90 Å². The van der Waals surface area contributed by atoms with E-state index in [1.165, 1.54) is 25.3 Å². The van der Waals surface area contributed by atoms with Gasteiger partial charge < -0.3 is 10.2 Å². The summed E-state index contributed by atoms with van der Waals surface area (Å²) in [7, 11) is 1.61. The van der Waals surface area contributed by atoms with Crippen LogP contribution in [0.25, 0.3) is 0 Å². The first kappa shape index (κ1) is 13.9. The third kappa shape index (κ3) is 2.34. The Balaban J connectivity index is 1.88. The minimum Gasteiger partial charge on any atom is -0.382 e. The SMILES string of the molecule is CNc1c(C(=O)N2CC3CCCC3C2)cccc1[N+](=O)[O-]. The number of hydrogen-bond acceptors (Lipinski definition) is 4. The van der Waals surface area contributed by atoms with E-state index >= 15 is 0 Å². The van der Waals surface area contributed by atoms with Crippen LogP contribution in [0.15, 0.2) is 18.2 Å². The van der Waals surface area contributed by atoms with Gasteiger partial charge in [0.05, 0.1) is 10.5 Å². The van der Waals surface area contributed by atoms with Crippen molar-refractivity contribution in [2.45, 2.75) is 19.3 Å². The van der Waals surface area contributed by atoms with Crippen LogP contribution in [-0.2, 0) is 0 Å². The molecule has 1 aliphatic carbocycles. The summed E-state index contributed by atoms with van der Waals surface area (Å²) in [6.45, 7) is 1.57. The van der Waals surface area contributed by atoms with Crippen molar-refractivity contribution in [3.63, 3.8) is 0 Å². The smallest absolute Gasteiger partial charge is 0.293 e. The summed E-state index contributed by atoms with van der Waals surface area (Å²) in [6.07, 6.45) is 3.65. The van der Waals surface area contributed by atoms with Crippen LogP contribution in [-0.4, -0.2) is 35.9 Å². The first-order chi connectivity index (χ1) is 10.1. The molecule has 1 aromatic carbocycles. The zero-order valence-electron chi connectivity index (χ0n) is 12.0. The number of para-hydroxylation sites is 1. The topological polar surface area (TPSA) is 75.5 Å². The fraction of sp³-hybridized carbons (Fsp3) is 0.533. The largest absolute Gasteiger partial charge is 0.382 e. The lowest BCUT2D eigenvalue weighted by molar-refractivity contribution is -0.384. The van der Waals surface area contributed by atoms with Crippen molar-refractivity contribution in [1.29, 1.82) is 0 Å². The van der Waals surface area contributed by atoms with Gasteiger partial charge >= 0.3 is 0 Å². The van der Waals surface area contributed by atoms with E-state index in [9.17, 15) is 14.9 Å². The minimum absolute atomic E-state index is 0.0530. The molecule has 1 amide bonds. The number of benzene rings is 1. The van der Waals surface area contributed by atoms with Gasteiger partial charge in [0.15, 0.2) is 0 Å². The van der Waals surface area contributed by atoms with Crippen LogP contribution in [0.4, 0.5) is 11.4 Å². The quantitative estimate of drug-likeness (QED) is 0.685. The molecule has 1 N–H and O–H groups in total. The molecule has 2 atom stereocenters. The van der Waals surface area contributed by atoms with E-state index in [0.29, 0.717) is 23.1 Å². The average molecular weight is 289 g/mol. The monoisotopic (exact) mass is 289 g/mol. The highest BCUT2D eigenvalue weighted by atomic mass is 16.6. The second kappa shape index (κ2) is 5.35. The van der Waals surface area contributed by atoms with Crippen LogP contribution in [0.1, 0.15) is 29.6 Å². The lowest BCUT2D eigenvalue weighted by Gasteiger charge is -2.19. The fourth-order valence-electron chi connectivity index (χ4n) is 3.70. The molecule has 1 aromatic rings. The van der Waals surface area contributed by atoms with Gasteiger partial charge in [-0.25, -0.2) is 0 Å². The van der Waals surface area contributed by atoms with E-state index in [4.69, 9.17) is 0 Å². The van der Waals surface area contributed by atoms with Crippen LogP contribution in [0, 0.1) is 22.0 Å². The van der Waals surface area contributed by atoms with Crippen LogP contribution in [0.2, 0.25) is 0 Å². The third-order valence-electron chi connectivity index (χ3n) is 4.73. The van der Waals surface area contributed by atoms with Gasteiger partial charge in [-0.3, -0.25) is 14.9 Å². The molecule has 3 rings (SSSR count). The van der Waals surface area contributed by atoms with E-state index in [2.05, 4.69) is 5.32 Å². The number of likely N-dealkylation sites (tertiary alicyclic amines) is 1. The Hall–Kier alpha value is -2.11. The van der Waals surface area contributed by atoms with Crippen molar-refractivity contribution in [3.8, 4) is 0 Å². The van der Waals surface area contributed by atoms with Gasteiger partial charge in [-0.1, -0.05) is 12.5 Å². The van der Waals surface area contributed by atoms with Crippen molar-refractivity contribution in [2.24, 2.45) is 11.8 Å². The van der Waals surface area contributed by atoms with Crippen LogP contribution in [0.5, 0.6) is 0 Å². The normalized spacial score (nSPS) is 24.0. The maximum absolute atomic E-state index is 12.7. The molecule has 2 aliphatic rings. The minimum atomic E-state index is -0.457. The van der Waals surface area contributed by atoms with Crippen LogP contribution >= 0.6 is 0 Å². The van der Waals surface area contributed by atoms with Crippen molar-refractivity contribution < 1.29 is 9.72 Å². The number of carbonyl (C=O) groups is 1. The molecule has 1 saturated heterocycles. The maximum Gasteiger partial charge on any atom is 0.293 e. The number of nitrogens with one attached hydrogen (secondary N) is 1. The van der Waals surface area contributed by atoms with Crippen molar-refractivity contribution in [3.05, 3.63) is 33.9 Å². The number of nitrogens with zero attached hydrogens (tertiary/aromatic N) is 2. The Bertz CT molecular complexity index is 576. The molecule has 21 heavy (non-hydrogen) atoms. The van der Waals surface area contributed by atoms with Gasteiger partial charge in [0, 0.05) is 26.2 Å². The highest BCUT2D eigenvalue weighted by Gasteiger charge is 2.39. The van der Waals surface area contributed by atoms with Gasteiger partial charge in [0.25, 0.3) is 11.6 Å². The third-order valence-corrected chi connectivity index (χ3v) is 4.73. The Morgan fingerprint density at radius 1 is 1.33 bits per heavy atom. The summed E-state index contributed by atoms with van der Waals surface area (Å²) in [5.41, 5.74) is 0.652. The van der Waals surface area contributed by atoms with E-state index in [0.717, 1.165) is 13.1 Å². The van der Waals surface area contributed by atoms with E-state index < -0.39 is 4.92 Å². The highest BCUT2D eigenvalue weighted by molar-refractivity contribution is 6.01. The Morgan fingerprint density at radius 2 is 2.00 bits per heavy atom. The molecule has 0 aromatic heterocycles. The maximum atomic E-state index is 12.7. The number of rotatable bonds is 3. The van der Waals surface area contributed by atoms with Gasteiger partial charge in [0.1, 0.15) is 5.69 Å². The molecule has 1 saturated carbocycles. The van der Waals surface area contributed by atoms with Gasteiger partial charge in [-0.2, -0.15) is 0 Å². The molecule has 0 spiro atoms. The lowest BCUT2D eigenvalue weighted by Crippen LogP contribution is -2.30. The lowest BCUT2D eigenvalue weighted by atomic mass is 10.0. The predicted octanol–water partition coefficient (Wildman–Crippen LogP) is 2.51. The number of hydrogen-bond donors (Lipinski definition) is 1. The summed E-state index contributed by atoms with van der Waals surface area (Å²) in [5.74, 6) is 1.13. The van der Waals surface area contributed by atoms with Crippen molar-refractivity contribution >= 4 is 17.3 Å². The fourth-order valence-corrected chi connectivity index (χ4v) is 3.70. The number of amides is 1. The molecule has 112 valence electrons. The number of anilines is 1. The summed E-state index contributed by atoms with van der Waals surface area (Å²) >= 11 is 0. The Morgan fingerprint density at radius 3 is 2.57 bits per heavy atom. The standard InChI is InChI=1S/C15H19N3O3/c1-16-14-12(6-3-7-13(14)18(20)21)15(19)17-8-10-4-2-5-11(10)9-17/h3,6-7,10-11,16H,2,4-5,8-9H2,1H3. The average Bonchev–Trinajstić information content (AvgIpc) is 3.06. The molecular formula is C15H19N3O3. The zero-order valence-corrected chi connectivity index (χ0v) is 12.0. The van der Waals surface area contributed by atoms with E-state index in [1.54, 1.807) is 19.2 Å². The van der Waals surface area contributed by atoms with Crippen LogP contribution in [0.3, 0.4) is 0 Å². The molecule has 6 heteroatoms. The molecule has 0 radical (unpaired) electrons. The van der Waals surface area contributed by atoms with E-state index in [1.807, 2.05) is 4.90 Å². The van der Waals surface area contributed by atoms with Gasteiger partial charge in [-0.15, -0.1) is 0 Å². The van der Waals surface area contributed by atoms with Crippen LogP contribution < -0.4 is 5.32 Å². The van der Waals surface area contributed by atoms with E-state index in [-0.39, 0.29) is 11.6 Å². The van der Waals surface area contributed by atoms with Gasteiger partial charge in [0.2, 0.25) is 0 Å². The molecule has 1 aliphatic heterocycles. The summed E-state index contributed by atoms with van der Waals surface area (Å²) in [6, 6.07) is 4.65. The molecule has 2 fully saturated rings. The number of nitro benzene ring substituents is 1. The van der Waals surface area contributed by atoms with Crippen molar-refractivity contribution in [2.75, 3.05) is 25.5 Å². The number of carbonyl (C=O) groups excluding carboxylic acids is 1. The number of nitro groups is 1. The molecule has 2 unspecified atom stereocenters. The summed E-state index contributed by atoms with van der Waals surface area (Å²) in [5, 5.41) is 13.9. The summed E-state index contributed by atoms with van der Waals surface area (Å²) < 4.78 is 0. The molecule has 1 heterocycles. The summed E-state index contributed by atoms with van der Waals surface area (Å²) in [4.78, 5) is 25.2. The molecule has 0 bridgehead atoms. The first-order valence-electron chi connectivity index (χ1n) is 7.36. The molecule has 6 nitrogen and oxygen atoms in total. The Labute approximate surface area is 123 Å². The zero-order chi connectivity index (χ0) is 15.0. The predicted molar refractivity (Wildman–Crippen MR) is 79.4 cm³/mol. The Kier molecular flexibility index (Phi) is 3.53. The van der Waals surface area contributed by atoms with Gasteiger partial charge in [-0.05, 0) is 30.7 Å². The number of fused-ring (bicyclic) bond motifs is 1. The second-order valence-corrected chi connectivity index (χ2v) is 5.87.